The fraction of sp³-hybridized carbons (Fsp3) is 0.667. The van der Waals surface area contributed by atoms with Crippen molar-refractivity contribution < 1.29 is 27.9 Å². The molecule has 0 aromatic carbocycles. The summed E-state index contributed by atoms with van der Waals surface area (Å²) in [4.78, 5) is 23.0. The molecule has 1 atom stereocenters. The summed E-state index contributed by atoms with van der Waals surface area (Å²) < 4.78 is 27.6. The van der Waals surface area contributed by atoms with Crippen molar-refractivity contribution in [3.05, 3.63) is 12.7 Å². The van der Waals surface area contributed by atoms with Crippen molar-refractivity contribution in [3.8, 4) is 0 Å². The lowest BCUT2D eigenvalue weighted by molar-refractivity contribution is -0.141. The Balaban J connectivity index is 2.88. The molecule has 2 N–H and O–H groups in total. The van der Waals surface area contributed by atoms with Crippen LogP contribution >= 0.6 is 0 Å². The molecule has 1 aliphatic rings. The van der Waals surface area contributed by atoms with Crippen LogP contribution in [0.5, 0.6) is 0 Å². The largest absolute Gasteiger partial charge is 0.480 e. The first kappa shape index (κ1) is 16.5. The summed E-state index contributed by atoms with van der Waals surface area (Å²) in [6.45, 7) is 8.40. The molecular weight excluding hydrogens is 286 g/mol. The van der Waals surface area contributed by atoms with E-state index in [2.05, 4.69) is 11.9 Å². The standard InChI is InChI=1S/C12H19NO6S/c1-5-12(6-20(17,18)7-12)8(9(14)15)13-10(16)19-11(2,3)4/h5,8H,1,6-7H2,2-4H3,(H,13,16)(H,14,15). The van der Waals surface area contributed by atoms with Crippen LogP contribution in [0, 0.1) is 5.41 Å². The SMILES string of the molecule is C=CC1(C(NC(=O)OC(C)(C)C)C(=O)O)CS(=O)(=O)C1. The highest BCUT2D eigenvalue weighted by Gasteiger charge is 2.55. The monoisotopic (exact) mass is 305 g/mol. The van der Waals surface area contributed by atoms with Crippen molar-refractivity contribution in [2.24, 2.45) is 5.41 Å². The minimum Gasteiger partial charge on any atom is -0.480 e. The van der Waals surface area contributed by atoms with Crippen molar-refractivity contribution in [1.82, 2.24) is 5.32 Å². The lowest BCUT2D eigenvalue weighted by Gasteiger charge is -2.42. The minimum atomic E-state index is -3.28. The summed E-state index contributed by atoms with van der Waals surface area (Å²) in [5.41, 5.74) is -1.97. The number of sulfone groups is 1. The molecule has 1 saturated heterocycles. The van der Waals surface area contributed by atoms with E-state index in [1.165, 1.54) is 6.08 Å². The summed E-state index contributed by atoms with van der Waals surface area (Å²) in [5.74, 6) is -2.03. The van der Waals surface area contributed by atoms with Crippen LogP contribution in [0.3, 0.4) is 0 Å². The molecule has 114 valence electrons. The van der Waals surface area contributed by atoms with Gasteiger partial charge in [-0.2, -0.15) is 0 Å². The van der Waals surface area contributed by atoms with Crippen molar-refractivity contribution in [3.63, 3.8) is 0 Å². The van der Waals surface area contributed by atoms with E-state index in [4.69, 9.17) is 4.74 Å². The van der Waals surface area contributed by atoms with Gasteiger partial charge in [0.05, 0.1) is 11.5 Å². The topological polar surface area (TPSA) is 110 Å². The van der Waals surface area contributed by atoms with Crippen molar-refractivity contribution >= 4 is 21.9 Å². The van der Waals surface area contributed by atoms with Crippen molar-refractivity contribution in [2.45, 2.75) is 32.4 Å². The third-order valence-electron chi connectivity index (χ3n) is 2.87. The first-order chi connectivity index (χ1) is 8.91. The summed E-state index contributed by atoms with van der Waals surface area (Å²) in [7, 11) is -3.28. The normalized spacial score (nSPS) is 21.1. The van der Waals surface area contributed by atoms with Crippen molar-refractivity contribution in [1.29, 1.82) is 0 Å². The second-order valence-electron chi connectivity index (χ2n) is 5.89. The summed E-state index contributed by atoms with van der Waals surface area (Å²) in [6, 6.07) is -1.39. The smallest absolute Gasteiger partial charge is 0.408 e. The van der Waals surface area contributed by atoms with E-state index >= 15 is 0 Å². The third-order valence-corrected chi connectivity index (χ3v) is 4.82. The molecule has 8 heteroatoms. The second kappa shape index (κ2) is 5.08. The van der Waals surface area contributed by atoms with Gasteiger partial charge >= 0.3 is 12.1 Å². The molecule has 0 aromatic rings. The maximum atomic E-state index is 11.7. The molecule has 0 spiro atoms. The van der Waals surface area contributed by atoms with E-state index in [1.807, 2.05) is 0 Å². The Hall–Kier alpha value is -1.57. The number of carboxylic acid groups (broad SMARTS) is 1. The van der Waals surface area contributed by atoms with Crippen LogP contribution in [0.15, 0.2) is 12.7 Å². The third kappa shape index (κ3) is 3.72. The fourth-order valence-electron chi connectivity index (χ4n) is 2.06. The van der Waals surface area contributed by atoms with E-state index < -0.39 is 39.0 Å². The summed E-state index contributed by atoms with van der Waals surface area (Å²) in [6.07, 6.45) is 0.361. The Morgan fingerprint density at radius 2 is 1.90 bits per heavy atom. The molecule has 0 radical (unpaired) electrons. The van der Waals surface area contributed by atoms with Gasteiger partial charge in [-0.15, -0.1) is 6.58 Å². The zero-order valence-electron chi connectivity index (χ0n) is 11.7. The van der Waals surface area contributed by atoms with Gasteiger partial charge in [-0.05, 0) is 20.8 Å². The van der Waals surface area contributed by atoms with Gasteiger partial charge < -0.3 is 15.2 Å². The number of carbonyl (C=O) groups excluding carboxylic acids is 1. The molecule has 1 rings (SSSR count). The molecule has 1 heterocycles. The number of carbonyl (C=O) groups is 2. The number of nitrogens with one attached hydrogen (secondary N) is 1. The molecule has 20 heavy (non-hydrogen) atoms. The van der Waals surface area contributed by atoms with Gasteiger partial charge in [0, 0.05) is 5.41 Å². The quantitative estimate of drug-likeness (QED) is 0.735. The van der Waals surface area contributed by atoms with Gasteiger partial charge in [0.2, 0.25) is 0 Å². The first-order valence-electron chi connectivity index (χ1n) is 5.97. The van der Waals surface area contributed by atoms with Gasteiger partial charge in [0.1, 0.15) is 11.6 Å². The van der Waals surface area contributed by atoms with E-state index in [-0.39, 0.29) is 11.5 Å². The number of carboxylic acids is 1. The predicted molar refractivity (Wildman–Crippen MR) is 72.1 cm³/mol. The molecule has 1 amide bonds. The number of alkyl carbamates (subject to hydrolysis) is 1. The Morgan fingerprint density at radius 1 is 1.40 bits per heavy atom. The van der Waals surface area contributed by atoms with Crippen LogP contribution < -0.4 is 5.32 Å². The summed E-state index contributed by atoms with van der Waals surface area (Å²) >= 11 is 0. The second-order valence-corrected chi connectivity index (χ2v) is 7.95. The van der Waals surface area contributed by atoms with E-state index in [1.54, 1.807) is 20.8 Å². The Morgan fingerprint density at radius 3 is 2.20 bits per heavy atom. The Labute approximate surface area is 117 Å². The van der Waals surface area contributed by atoms with Gasteiger partial charge in [0.25, 0.3) is 0 Å². The molecule has 0 aliphatic carbocycles. The number of ether oxygens (including phenoxy) is 1. The molecule has 0 aromatic heterocycles. The van der Waals surface area contributed by atoms with E-state index in [0.29, 0.717) is 0 Å². The lowest BCUT2D eigenvalue weighted by Crippen LogP contribution is -2.63. The maximum Gasteiger partial charge on any atom is 0.408 e. The van der Waals surface area contributed by atoms with Crippen LogP contribution in [-0.2, 0) is 19.4 Å². The lowest BCUT2D eigenvalue weighted by atomic mass is 9.83. The van der Waals surface area contributed by atoms with Crippen LogP contribution in [0.1, 0.15) is 20.8 Å². The molecule has 1 fully saturated rings. The summed E-state index contributed by atoms with van der Waals surface area (Å²) in [5, 5.41) is 11.4. The zero-order chi connectivity index (χ0) is 15.8. The number of hydrogen-bond acceptors (Lipinski definition) is 5. The number of aliphatic carboxylic acids is 1. The molecule has 1 aliphatic heterocycles. The first-order valence-corrected chi connectivity index (χ1v) is 7.79. The zero-order valence-corrected chi connectivity index (χ0v) is 12.5. The van der Waals surface area contributed by atoms with Crippen LogP contribution in [-0.4, -0.2) is 48.7 Å². The Bertz CT molecular complexity index is 519. The highest BCUT2D eigenvalue weighted by Crippen LogP contribution is 2.37. The number of amides is 1. The predicted octanol–water partition coefficient (Wildman–Crippen LogP) is 0.565. The maximum absolute atomic E-state index is 11.7. The van der Waals surface area contributed by atoms with Gasteiger partial charge in [-0.3, -0.25) is 0 Å². The van der Waals surface area contributed by atoms with Crippen LogP contribution in [0.4, 0.5) is 4.79 Å². The van der Waals surface area contributed by atoms with Crippen LogP contribution in [0.25, 0.3) is 0 Å². The molecule has 0 saturated carbocycles. The van der Waals surface area contributed by atoms with Gasteiger partial charge in [-0.25, -0.2) is 18.0 Å². The molecule has 7 nitrogen and oxygen atoms in total. The average molecular weight is 305 g/mol. The van der Waals surface area contributed by atoms with E-state index in [0.717, 1.165) is 0 Å². The average Bonchev–Trinajstić information content (AvgIpc) is 2.19. The Kier molecular flexibility index (Phi) is 4.19. The molecular formula is C12H19NO6S. The van der Waals surface area contributed by atoms with Gasteiger partial charge in [0.15, 0.2) is 9.84 Å². The fourth-order valence-corrected chi connectivity index (χ4v) is 4.18. The van der Waals surface area contributed by atoms with E-state index in [9.17, 15) is 23.1 Å². The number of rotatable bonds is 4. The van der Waals surface area contributed by atoms with Crippen LogP contribution in [0.2, 0.25) is 0 Å². The molecule has 1 unspecified atom stereocenters. The van der Waals surface area contributed by atoms with Crippen molar-refractivity contribution in [2.75, 3.05) is 11.5 Å². The highest BCUT2D eigenvalue weighted by molar-refractivity contribution is 7.92. The highest BCUT2D eigenvalue weighted by atomic mass is 32.2. The number of hydrogen-bond donors (Lipinski definition) is 2. The minimum absolute atomic E-state index is 0.351. The van der Waals surface area contributed by atoms with Gasteiger partial charge in [-0.1, -0.05) is 6.08 Å². The molecule has 0 bridgehead atoms.